The molecular weight excluding hydrogens is 228 g/mol. The summed E-state index contributed by atoms with van der Waals surface area (Å²) >= 11 is 5.11. The first-order valence-electron chi connectivity index (χ1n) is 6.34. The van der Waals surface area contributed by atoms with Crippen LogP contribution in [0.1, 0.15) is 37.3 Å². The Balaban J connectivity index is 2.13. The van der Waals surface area contributed by atoms with Crippen molar-refractivity contribution in [3.63, 3.8) is 0 Å². The van der Waals surface area contributed by atoms with E-state index in [1.165, 1.54) is 24.8 Å². The maximum atomic E-state index is 5.77. The van der Waals surface area contributed by atoms with Crippen molar-refractivity contribution < 1.29 is 0 Å². The van der Waals surface area contributed by atoms with Crippen LogP contribution >= 0.6 is 12.2 Å². The van der Waals surface area contributed by atoms with Crippen molar-refractivity contribution in [1.29, 1.82) is 0 Å². The Hall–Kier alpha value is -0.930. The average molecular weight is 248 g/mol. The molecule has 17 heavy (non-hydrogen) atoms. The number of hydrogen-bond donors (Lipinski definition) is 1. The molecule has 2 rings (SSSR count). The molecule has 0 spiro atoms. The molecule has 0 aromatic heterocycles. The summed E-state index contributed by atoms with van der Waals surface area (Å²) in [6.07, 6.45) is 3.89. The van der Waals surface area contributed by atoms with Crippen molar-refractivity contribution >= 4 is 17.2 Å². The molecule has 0 bridgehead atoms. The molecule has 0 heterocycles. The minimum Gasteiger partial charge on any atom is -0.389 e. The summed E-state index contributed by atoms with van der Waals surface area (Å²) in [7, 11) is 0. The zero-order valence-electron chi connectivity index (χ0n) is 10.4. The lowest BCUT2D eigenvalue weighted by Crippen LogP contribution is -2.27. The number of benzene rings is 1. The molecule has 1 aromatic rings. The van der Waals surface area contributed by atoms with Gasteiger partial charge in [-0.1, -0.05) is 43.4 Å². The summed E-state index contributed by atoms with van der Waals surface area (Å²) in [4.78, 5) is 3.06. The summed E-state index contributed by atoms with van der Waals surface area (Å²) in [6, 6.07) is 9.01. The fraction of sp³-hybridized carbons (Fsp3) is 0.500. The summed E-state index contributed by atoms with van der Waals surface area (Å²) in [5, 5.41) is 0. The molecule has 0 unspecified atom stereocenters. The molecule has 1 aliphatic rings. The van der Waals surface area contributed by atoms with Gasteiger partial charge < -0.3 is 5.73 Å². The molecule has 0 aliphatic heterocycles. The van der Waals surface area contributed by atoms with Gasteiger partial charge in [0.2, 0.25) is 0 Å². The first-order valence-corrected chi connectivity index (χ1v) is 6.75. The van der Waals surface area contributed by atoms with Crippen LogP contribution < -0.4 is 5.73 Å². The van der Waals surface area contributed by atoms with Gasteiger partial charge in [0.15, 0.2) is 0 Å². The molecular formula is C14H20N2S. The second-order valence-electron chi connectivity index (χ2n) is 4.72. The summed E-state index contributed by atoms with van der Waals surface area (Å²) in [5.41, 5.74) is 8.06. The number of nitrogens with zero attached hydrogens (tertiary/aromatic N) is 1. The van der Waals surface area contributed by atoms with Crippen LogP contribution in [0.4, 0.5) is 0 Å². The monoisotopic (exact) mass is 248 g/mol. The van der Waals surface area contributed by atoms with Crippen molar-refractivity contribution in [3.05, 3.63) is 35.4 Å². The van der Waals surface area contributed by atoms with E-state index in [4.69, 9.17) is 18.0 Å². The van der Waals surface area contributed by atoms with Crippen molar-refractivity contribution in [2.24, 2.45) is 5.73 Å². The van der Waals surface area contributed by atoms with Gasteiger partial charge in [0, 0.05) is 18.2 Å². The van der Waals surface area contributed by atoms with E-state index in [-0.39, 0.29) is 0 Å². The van der Waals surface area contributed by atoms with E-state index >= 15 is 0 Å². The van der Waals surface area contributed by atoms with E-state index in [1.807, 2.05) is 12.1 Å². The maximum Gasteiger partial charge on any atom is 0.104 e. The molecule has 0 saturated heterocycles. The minimum absolute atomic E-state index is 0.507. The number of hydrogen-bond acceptors (Lipinski definition) is 2. The summed E-state index contributed by atoms with van der Waals surface area (Å²) in [6.45, 7) is 4.37. The lowest BCUT2D eigenvalue weighted by molar-refractivity contribution is 0.255. The Morgan fingerprint density at radius 1 is 1.41 bits per heavy atom. The topological polar surface area (TPSA) is 29.3 Å². The Morgan fingerprint density at radius 2 is 2.12 bits per heavy atom. The maximum absolute atomic E-state index is 5.77. The highest BCUT2D eigenvalue weighted by atomic mass is 32.1. The van der Waals surface area contributed by atoms with E-state index in [2.05, 4.69) is 24.0 Å². The first-order chi connectivity index (χ1) is 8.22. The third kappa shape index (κ3) is 3.27. The highest BCUT2D eigenvalue weighted by Gasteiger charge is 2.28. The van der Waals surface area contributed by atoms with Crippen molar-refractivity contribution in [3.8, 4) is 0 Å². The Labute approximate surface area is 109 Å². The standard InChI is InChI=1S/C14H20N2S/c1-2-9-16(12-7-8-12)10-11-5-3-4-6-13(11)14(15)17/h3-6,12H,2,7-10H2,1H3,(H2,15,17). The van der Waals surface area contributed by atoms with Crippen molar-refractivity contribution in [1.82, 2.24) is 4.90 Å². The second-order valence-corrected chi connectivity index (χ2v) is 5.16. The van der Waals surface area contributed by atoms with Crippen molar-refractivity contribution in [2.45, 2.75) is 38.8 Å². The fourth-order valence-electron chi connectivity index (χ4n) is 2.23. The quantitative estimate of drug-likeness (QED) is 0.785. The molecule has 0 atom stereocenters. The van der Waals surface area contributed by atoms with Crippen LogP contribution in [0.2, 0.25) is 0 Å². The van der Waals surface area contributed by atoms with Gasteiger partial charge in [-0.25, -0.2) is 0 Å². The SMILES string of the molecule is CCCN(Cc1ccccc1C(N)=S)C1CC1. The highest BCUT2D eigenvalue weighted by molar-refractivity contribution is 7.80. The van der Waals surface area contributed by atoms with Gasteiger partial charge in [0.1, 0.15) is 4.99 Å². The molecule has 1 fully saturated rings. The second kappa shape index (κ2) is 5.61. The molecule has 1 aliphatic carbocycles. The molecule has 0 radical (unpaired) electrons. The predicted octanol–water partition coefficient (Wildman–Crippen LogP) is 2.70. The number of nitrogens with two attached hydrogens (primary N) is 1. The molecule has 2 nitrogen and oxygen atoms in total. The van der Waals surface area contributed by atoms with E-state index in [9.17, 15) is 0 Å². The van der Waals surface area contributed by atoms with Crippen LogP contribution in [0.25, 0.3) is 0 Å². The third-order valence-electron chi connectivity index (χ3n) is 3.23. The van der Waals surface area contributed by atoms with Gasteiger partial charge in [0.05, 0.1) is 0 Å². The van der Waals surface area contributed by atoms with Crippen LogP contribution in [0, 0.1) is 0 Å². The van der Waals surface area contributed by atoms with Gasteiger partial charge in [0.25, 0.3) is 0 Å². The van der Waals surface area contributed by atoms with Crippen molar-refractivity contribution in [2.75, 3.05) is 6.54 Å². The van der Waals surface area contributed by atoms with E-state index < -0.39 is 0 Å². The molecule has 3 heteroatoms. The molecule has 1 aromatic carbocycles. The fourth-order valence-corrected chi connectivity index (χ4v) is 2.43. The third-order valence-corrected chi connectivity index (χ3v) is 3.45. The summed E-state index contributed by atoms with van der Waals surface area (Å²) in [5.74, 6) is 0. The predicted molar refractivity (Wildman–Crippen MR) is 76.1 cm³/mol. The number of rotatable bonds is 6. The van der Waals surface area contributed by atoms with E-state index in [0.717, 1.165) is 24.7 Å². The van der Waals surface area contributed by atoms with E-state index in [1.54, 1.807) is 0 Å². The van der Waals surface area contributed by atoms with Gasteiger partial charge in [-0.15, -0.1) is 0 Å². The van der Waals surface area contributed by atoms with Crippen LogP contribution in [-0.4, -0.2) is 22.5 Å². The largest absolute Gasteiger partial charge is 0.389 e. The highest BCUT2D eigenvalue weighted by Crippen LogP contribution is 2.28. The zero-order chi connectivity index (χ0) is 12.3. The molecule has 0 amide bonds. The number of thiocarbonyl (C=S) groups is 1. The van der Waals surface area contributed by atoms with Gasteiger partial charge in [-0.2, -0.15) is 0 Å². The Bertz CT molecular complexity index is 399. The molecule has 1 saturated carbocycles. The van der Waals surface area contributed by atoms with Gasteiger partial charge in [-0.3, -0.25) is 4.90 Å². The zero-order valence-corrected chi connectivity index (χ0v) is 11.2. The average Bonchev–Trinajstić information content (AvgIpc) is 3.13. The summed E-state index contributed by atoms with van der Waals surface area (Å²) < 4.78 is 0. The van der Waals surface area contributed by atoms with Crippen LogP contribution in [0.15, 0.2) is 24.3 Å². The van der Waals surface area contributed by atoms with Gasteiger partial charge >= 0.3 is 0 Å². The van der Waals surface area contributed by atoms with Crippen LogP contribution in [0.5, 0.6) is 0 Å². The van der Waals surface area contributed by atoms with Gasteiger partial charge in [-0.05, 0) is 31.4 Å². The normalized spacial score (nSPS) is 15.2. The molecule has 2 N–H and O–H groups in total. The Morgan fingerprint density at radius 3 is 2.71 bits per heavy atom. The minimum atomic E-state index is 0.507. The van der Waals surface area contributed by atoms with E-state index in [0.29, 0.717) is 4.99 Å². The smallest absolute Gasteiger partial charge is 0.104 e. The van der Waals surface area contributed by atoms with Crippen LogP contribution in [0.3, 0.4) is 0 Å². The lowest BCUT2D eigenvalue weighted by Gasteiger charge is -2.22. The lowest BCUT2D eigenvalue weighted by atomic mass is 10.1. The van der Waals surface area contributed by atoms with Crippen LogP contribution in [-0.2, 0) is 6.54 Å². The molecule has 92 valence electrons. The first kappa shape index (κ1) is 12.5. The Kier molecular flexibility index (Phi) is 4.13.